The van der Waals surface area contributed by atoms with Gasteiger partial charge >= 0.3 is 0 Å². The molecule has 0 aliphatic rings. The van der Waals surface area contributed by atoms with Crippen LogP contribution in [0.5, 0.6) is 5.75 Å². The number of halogens is 2. The third kappa shape index (κ3) is 4.92. The summed E-state index contributed by atoms with van der Waals surface area (Å²) in [5.41, 5.74) is 0.378. The van der Waals surface area contributed by atoms with Crippen LogP contribution in [0, 0.1) is 5.82 Å². The lowest BCUT2D eigenvalue weighted by molar-refractivity contribution is -0.118. The molecule has 23 heavy (non-hydrogen) atoms. The highest BCUT2D eigenvalue weighted by Gasteiger charge is 2.09. The third-order valence-corrected chi connectivity index (χ3v) is 3.95. The molecule has 0 bridgehead atoms. The Bertz CT molecular complexity index is 825. The molecule has 0 aliphatic carbocycles. The Morgan fingerprint density at radius 3 is 2.43 bits per heavy atom. The lowest BCUT2D eigenvalue weighted by Crippen LogP contribution is -2.20. The first-order chi connectivity index (χ1) is 10.8. The van der Waals surface area contributed by atoms with Crippen molar-refractivity contribution in [2.24, 2.45) is 5.14 Å². The largest absolute Gasteiger partial charge is 0.484 e. The van der Waals surface area contributed by atoms with Crippen molar-refractivity contribution in [3.63, 3.8) is 0 Å². The van der Waals surface area contributed by atoms with Crippen molar-refractivity contribution in [1.29, 1.82) is 0 Å². The predicted octanol–water partition coefficient (Wildman–Crippen LogP) is 2.14. The summed E-state index contributed by atoms with van der Waals surface area (Å²) in [5.74, 6) is -0.816. The monoisotopic (exact) mass is 358 g/mol. The molecule has 0 atom stereocenters. The highest BCUT2D eigenvalue weighted by Crippen LogP contribution is 2.21. The zero-order valence-electron chi connectivity index (χ0n) is 11.6. The van der Waals surface area contributed by atoms with Gasteiger partial charge in [0, 0.05) is 11.8 Å². The summed E-state index contributed by atoms with van der Waals surface area (Å²) in [5, 5.41) is 7.37. The lowest BCUT2D eigenvalue weighted by Gasteiger charge is -2.08. The maximum absolute atomic E-state index is 13.0. The topological polar surface area (TPSA) is 98.5 Å². The molecule has 0 unspecified atom stereocenters. The summed E-state index contributed by atoms with van der Waals surface area (Å²) >= 11 is 5.60. The van der Waals surface area contributed by atoms with Crippen LogP contribution in [0.4, 0.5) is 10.1 Å². The van der Waals surface area contributed by atoms with Gasteiger partial charge in [-0.3, -0.25) is 4.79 Å². The number of nitrogens with one attached hydrogen (secondary N) is 1. The Labute approximate surface area is 137 Å². The van der Waals surface area contributed by atoms with Crippen LogP contribution in [-0.4, -0.2) is 20.9 Å². The zero-order chi connectivity index (χ0) is 17.0. The number of hydrogen-bond donors (Lipinski definition) is 2. The Balaban J connectivity index is 1.93. The number of carbonyl (C=O) groups excluding carboxylic acids is 1. The van der Waals surface area contributed by atoms with Crippen molar-refractivity contribution < 1.29 is 22.3 Å². The Morgan fingerprint density at radius 2 is 1.87 bits per heavy atom. The van der Waals surface area contributed by atoms with Gasteiger partial charge in [-0.1, -0.05) is 11.6 Å². The molecule has 0 heterocycles. The van der Waals surface area contributed by atoms with Gasteiger partial charge in [-0.05, 0) is 36.4 Å². The van der Waals surface area contributed by atoms with Crippen molar-refractivity contribution >= 4 is 33.2 Å². The van der Waals surface area contributed by atoms with Crippen LogP contribution in [0.15, 0.2) is 47.4 Å². The van der Waals surface area contributed by atoms with Gasteiger partial charge in [-0.2, -0.15) is 0 Å². The molecule has 122 valence electrons. The molecule has 0 saturated heterocycles. The van der Waals surface area contributed by atoms with Crippen LogP contribution < -0.4 is 15.2 Å². The average molecular weight is 359 g/mol. The number of nitrogens with two attached hydrogens (primary N) is 1. The van der Waals surface area contributed by atoms with Crippen LogP contribution in [0.1, 0.15) is 0 Å². The molecule has 0 aliphatic heterocycles. The van der Waals surface area contributed by atoms with Gasteiger partial charge < -0.3 is 10.1 Å². The van der Waals surface area contributed by atoms with Crippen molar-refractivity contribution in [3.8, 4) is 5.75 Å². The molecule has 1 amide bonds. The molecule has 0 saturated carbocycles. The number of hydrogen-bond acceptors (Lipinski definition) is 4. The van der Waals surface area contributed by atoms with E-state index in [0.29, 0.717) is 5.69 Å². The van der Waals surface area contributed by atoms with E-state index in [4.69, 9.17) is 21.5 Å². The van der Waals surface area contributed by atoms with E-state index >= 15 is 0 Å². The minimum absolute atomic E-state index is 0.0623. The normalized spacial score (nSPS) is 11.1. The summed E-state index contributed by atoms with van der Waals surface area (Å²) in [4.78, 5) is 11.7. The summed E-state index contributed by atoms with van der Waals surface area (Å²) in [6.45, 7) is -0.321. The summed E-state index contributed by atoms with van der Waals surface area (Å²) < 4.78 is 40.4. The second-order valence-corrected chi connectivity index (χ2v) is 6.45. The van der Waals surface area contributed by atoms with E-state index in [1.165, 1.54) is 36.4 Å². The van der Waals surface area contributed by atoms with E-state index in [2.05, 4.69) is 5.32 Å². The number of benzene rings is 2. The first-order valence-electron chi connectivity index (χ1n) is 6.26. The number of primary sulfonamides is 1. The number of amides is 1. The molecule has 0 radical (unpaired) electrons. The van der Waals surface area contributed by atoms with Crippen LogP contribution >= 0.6 is 11.6 Å². The van der Waals surface area contributed by atoms with E-state index < -0.39 is 21.7 Å². The van der Waals surface area contributed by atoms with Crippen molar-refractivity contribution in [1.82, 2.24) is 0 Å². The molecule has 2 rings (SSSR count). The molecular formula is C14H12ClFN2O4S. The number of ether oxygens (including phenoxy) is 1. The van der Waals surface area contributed by atoms with Crippen molar-refractivity contribution in [2.45, 2.75) is 4.90 Å². The predicted molar refractivity (Wildman–Crippen MR) is 83.3 cm³/mol. The fourth-order valence-corrected chi connectivity index (χ4v) is 2.33. The standard InChI is InChI=1S/C14H12ClFN2O4S/c15-12-7-10(3-6-13(12)16)22-8-14(19)18-9-1-4-11(5-2-9)23(17,20)21/h1-7H,8H2,(H,18,19)(H2,17,20,21). The summed E-state index contributed by atoms with van der Waals surface area (Å²) in [6, 6.07) is 9.05. The molecule has 2 aromatic rings. The molecule has 9 heteroatoms. The van der Waals surface area contributed by atoms with Gasteiger partial charge in [0.05, 0.1) is 9.92 Å². The average Bonchev–Trinajstić information content (AvgIpc) is 2.48. The number of rotatable bonds is 5. The first kappa shape index (κ1) is 17.2. The van der Waals surface area contributed by atoms with Gasteiger partial charge in [0.25, 0.3) is 5.91 Å². The van der Waals surface area contributed by atoms with Crippen LogP contribution in [-0.2, 0) is 14.8 Å². The van der Waals surface area contributed by atoms with Crippen LogP contribution in [0.3, 0.4) is 0 Å². The molecule has 6 nitrogen and oxygen atoms in total. The Kier molecular flexibility index (Phi) is 5.19. The van der Waals surface area contributed by atoms with Gasteiger partial charge in [-0.15, -0.1) is 0 Å². The second-order valence-electron chi connectivity index (χ2n) is 4.48. The lowest BCUT2D eigenvalue weighted by atomic mass is 10.3. The zero-order valence-corrected chi connectivity index (χ0v) is 13.2. The maximum Gasteiger partial charge on any atom is 0.262 e. The Hall–Kier alpha value is -2.16. The van der Waals surface area contributed by atoms with Gasteiger partial charge in [0.15, 0.2) is 6.61 Å². The number of carbonyl (C=O) groups is 1. The molecular weight excluding hydrogens is 347 g/mol. The Morgan fingerprint density at radius 1 is 1.22 bits per heavy atom. The van der Waals surface area contributed by atoms with E-state index in [-0.39, 0.29) is 22.3 Å². The van der Waals surface area contributed by atoms with Crippen molar-refractivity contribution in [2.75, 3.05) is 11.9 Å². The maximum atomic E-state index is 13.0. The highest BCUT2D eigenvalue weighted by molar-refractivity contribution is 7.89. The van der Waals surface area contributed by atoms with Crippen LogP contribution in [0.25, 0.3) is 0 Å². The smallest absolute Gasteiger partial charge is 0.262 e. The minimum Gasteiger partial charge on any atom is -0.484 e. The third-order valence-electron chi connectivity index (χ3n) is 2.73. The van der Waals surface area contributed by atoms with Crippen LogP contribution in [0.2, 0.25) is 5.02 Å². The minimum atomic E-state index is -3.78. The number of anilines is 1. The highest BCUT2D eigenvalue weighted by atomic mass is 35.5. The molecule has 3 N–H and O–H groups in total. The van der Waals surface area contributed by atoms with E-state index in [1.54, 1.807) is 0 Å². The quantitative estimate of drug-likeness (QED) is 0.855. The molecule has 0 aromatic heterocycles. The summed E-state index contributed by atoms with van der Waals surface area (Å²) in [6.07, 6.45) is 0. The SMILES string of the molecule is NS(=O)(=O)c1ccc(NC(=O)COc2ccc(F)c(Cl)c2)cc1. The fourth-order valence-electron chi connectivity index (χ4n) is 1.64. The van der Waals surface area contributed by atoms with Gasteiger partial charge in [0.2, 0.25) is 10.0 Å². The van der Waals surface area contributed by atoms with Gasteiger partial charge in [-0.25, -0.2) is 17.9 Å². The van der Waals surface area contributed by atoms with Gasteiger partial charge in [0.1, 0.15) is 11.6 Å². The van der Waals surface area contributed by atoms with Crippen molar-refractivity contribution in [3.05, 3.63) is 53.3 Å². The summed E-state index contributed by atoms with van der Waals surface area (Å²) in [7, 11) is -3.78. The second kappa shape index (κ2) is 6.95. The fraction of sp³-hybridized carbons (Fsp3) is 0.0714. The number of sulfonamides is 1. The van der Waals surface area contributed by atoms with E-state index in [1.807, 2.05) is 0 Å². The molecule has 0 spiro atoms. The molecule has 0 fully saturated rings. The molecule has 2 aromatic carbocycles. The first-order valence-corrected chi connectivity index (χ1v) is 8.19. The van der Waals surface area contributed by atoms with E-state index in [9.17, 15) is 17.6 Å². The van der Waals surface area contributed by atoms with E-state index in [0.717, 1.165) is 6.07 Å².